The topological polar surface area (TPSA) is 49.9 Å². The maximum Gasteiger partial charge on any atom is 0.254 e. The second-order valence-corrected chi connectivity index (χ2v) is 10.4. The molecule has 1 aliphatic heterocycles. The third-order valence-electron chi connectivity index (χ3n) is 6.02. The average Bonchev–Trinajstić information content (AvgIpc) is 3.32. The molecule has 1 aliphatic rings. The quantitative estimate of drug-likeness (QED) is 0.358. The molecule has 0 aliphatic carbocycles. The molecule has 0 bridgehead atoms. The highest BCUT2D eigenvalue weighted by Gasteiger charge is 2.33. The van der Waals surface area contributed by atoms with Crippen molar-refractivity contribution in [2.75, 3.05) is 26.2 Å². The second-order valence-electron chi connectivity index (χ2n) is 8.51. The molecular formula is C27H29BrN2O3S. The number of rotatable bonds is 8. The lowest BCUT2D eigenvalue weighted by atomic mass is 10.0. The lowest BCUT2D eigenvalue weighted by molar-refractivity contribution is -0.135. The summed E-state index contributed by atoms with van der Waals surface area (Å²) in [6.45, 7) is 5.65. The number of halogens is 1. The number of hydrogen-bond acceptors (Lipinski definition) is 4. The van der Waals surface area contributed by atoms with Crippen LogP contribution in [0.5, 0.6) is 5.75 Å². The maximum atomic E-state index is 13.6. The van der Waals surface area contributed by atoms with Crippen LogP contribution < -0.4 is 4.74 Å². The SMILES string of the molecule is CCCN(CC(=O)N1CCc2sccc2C1COc1ccc(C)cc1)C(=O)c1cccc(Br)c1. The van der Waals surface area contributed by atoms with E-state index in [1.807, 2.05) is 55.1 Å². The standard InChI is InChI=1S/C27H29BrN2O3S/c1-3-13-29(27(32)20-5-4-6-21(28)16-20)17-26(31)30-14-11-25-23(12-15-34-25)24(30)18-33-22-9-7-19(2)8-10-22/h4-10,12,15-16,24H,3,11,13-14,17-18H2,1-2H3. The molecule has 5 nitrogen and oxygen atoms in total. The molecule has 3 aromatic rings. The van der Waals surface area contributed by atoms with Gasteiger partial charge in [0.2, 0.25) is 5.91 Å². The fraction of sp³-hybridized carbons (Fsp3) is 0.333. The number of hydrogen-bond donors (Lipinski definition) is 0. The fourth-order valence-corrected chi connectivity index (χ4v) is 5.59. The Kier molecular flexibility index (Phi) is 8.06. The van der Waals surface area contributed by atoms with Crippen molar-refractivity contribution in [3.05, 3.63) is 86.0 Å². The van der Waals surface area contributed by atoms with Crippen molar-refractivity contribution in [1.82, 2.24) is 9.80 Å². The van der Waals surface area contributed by atoms with E-state index in [-0.39, 0.29) is 24.4 Å². The highest BCUT2D eigenvalue weighted by atomic mass is 79.9. The summed E-state index contributed by atoms with van der Waals surface area (Å²) in [6, 6.07) is 17.2. The first-order chi connectivity index (χ1) is 16.5. The summed E-state index contributed by atoms with van der Waals surface area (Å²) >= 11 is 5.16. The summed E-state index contributed by atoms with van der Waals surface area (Å²) < 4.78 is 6.96. The van der Waals surface area contributed by atoms with Gasteiger partial charge < -0.3 is 14.5 Å². The van der Waals surface area contributed by atoms with Gasteiger partial charge in [-0.3, -0.25) is 9.59 Å². The Hall–Kier alpha value is -2.64. The molecule has 0 spiro atoms. The van der Waals surface area contributed by atoms with E-state index in [9.17, 15) is 9.59 Å². The van der Waals surface area contributed by atoms with Gasteiger partial charge in [-0.15, -0.1) is 11.3 Å². The Morgan fingerprint density at radius 1 is 1.18 bits per heavy atom. The lowest BCUT2D eigenvalue weighted by Gasteiger charge is -2.37. The minimum Gasteiger partial charge on any atom is -0.491 e. The molecule has 1 aromatic heterocycles. The van der Waals surface area contributed by atoms with E-state index in [0.717, 1.165) is 28.6 Å². The third-order valence-corrected chi connectivity index (χ3v) is 7.51. The van der Waals surface area contributed by atoms with E-state index in [0.29, 0.717) is 25.3 Å². The molecule has 0 radical (unpaired) electrons. The van der Waals surface area contributed by atoms with Crippen LogP contribution >= 0.6 is 27.3 Å². The van der Waals surface area contributed by atoms with Crippen molar-refractivity contribution >= 4 is 39.1 Å². The van der Waals surface area contributed by atoms with E-state index < -0.39 is 0 Å². The van der Waals surface area contributed by atoms with E-state index in [1.54, 1.807) is 28.4 Å². The molecular weight excluding hydrogens is 512 g/mol. The van der Waals surface area contributed by atoms with Crippen molar-refractivity contribution < 1.29 is 14.3 Å². The van der Waals surface area contributed by atoms with Crippen molar-refractivity contribution in [1.29, 1.82) is 0 Å². The van der Waals surface area contributed by atoms with E-state index >= 15 is 0 Å². The number of benzene rings is 2. The Balaban J connectivity index is 1.51. The third kappa shape index (κ3) is 5.70. The van der Waals surface area contributed by atoms with Crippen LogP contribution in [0, 0.1) is 6.92 Å². The minimum atomic E-state index is -0.173. The molecule has 1 atom stereocenters. The number of amides is 2. The van der Waals surface area contributed by atoms with Gasteiger partial charge in [0.05, 0.1) is 6.04 Å². The van der Waals surface area contributed by atoms with Gasteiger partial charge in [-0.05, 0) is 67.1 Å². The number of aryl methyl sites for hydroxylation is 1. The van der Waals surface area contributed by atoms with Crippen LogP contribution in [0.3, 0.4) is 0 Å². The van der Waals surface area contributed by atoms with Gasteiger partial charge in [0.25, 0.3) is 5.91 Å². The van der Waals surface area contributed by atoms with E-state index in [2.05, 4.69) is 27.4 Å². The van der Waals surface area contributed by atoms with Crippen molar-refractivity contribution in [2.45, 2.75) is 32.7 Å². The van der Waals surface area contributed by atoms with Crippen LogP contribution in [-0.4, -0.2) is 47.9 Å². The number of fused-ring (bicyclic) bond motifs is 1. The molecule has 1 unspecified atom stereocenters. The van der Waals surface area contributed by atoms with E-state index in [1.165, 1.54) is 10.4 Å². The van der Waals surface area contributed by atoms with Crippen LogP contribution in [0.1, 0.15) is 45.7 Å². The van der Waals surface area contributed by atoms with Crippen LogP contribution in [0.2, 0.25) is 0 Å². The molecule has 4 rings (SSSR count). The number of nitrogens with zero attached hydrogens (tertiary/aromatic N) is 2. The molecule has 0 N–H and O–H groups in total. The lowest BCUT2D eigenvalue weighted by Crippen LogP contribution is -2.48. The first kappa shape index (κ1) is 24.5. The van der Waals surface area contributed by atoms with Crippen LogP contribution in [0.15, 0.2) is 64.5 Å². The molecule has 2 aromatic carbocycles. The number of ether oxygens (including phenoxy) is 1. The number of carbonyl (C=O) groups excluding carboxylic acids is 2. The average molecular weight is 542 g/mol. The van der Waals surface area contributed by atoms with Gasteiger partial charge in [-0.25, -0.2) is 0 Å². The predicted molar refractivity (Wildman–Crippen MR) is 139 cm³/mol. The molecule has 0 saturated carbocycles. The molecule has 7 heteroatoms. The monoisotopic (exact) mass is 540 g/mol. The largest absolute Gasteiger partial charge is 0.491 e. The van der Waals surface area contributed by atoms with Crippen LogP contribution in [-0.2, 0) is 11.2 Å². The molecule has 2 heterocycles. The zero-order valence-electron chi connectivity index (χ0n) is 19.5. The Bertz CT molecular complexity index is 1140. The molecule has 178 valence electrons. The highest BCUT2D eigenvalue weighted by molar-refractivity contribution is 9.10. The smallest absolute Gasteiger partial charge is 0.254 e. The Morgan fingerprint density at radius 3 is 2.71 bits per heavy atom. The zero-order chi connectivity index (χ0) is 24.1. The second kappa shape index (κ2) is 11.2. The summed E-state index contributed by atoms with van der Waals surface area (Å²) in [4.78, 5) is 31.6. The number of thiophene rings is 1. The van der Waals surface area contributed by atoms with E-state index in [4.69, 9.17) is 4.74 Å². The zero-order valence-corrected chi connectivity index (χ0v) is 21.9. The molecule has 0 fully saturated rings. The maximum absolute atomic E-state index is 13.6. The fourth-order valence-electron chi connectivity index (χ4n) is 4.26. The van der Waals surface area contributed by atoms with Gasteiger partial charge in [-0.2, -0.15) is 0 Å². The minimum absolute atomic E-state index is 0.0499. The molecule has 2 amide bonds. The van der Waals surface area contributed by atoms with Gasteiger partial charge in [0.1, 0.15) is 18.9 Å². The van der Waals surface area contributed by atoms with Crippen molar-refractivity contribution in [2.24, 2.45) is 0 Å². The van der Waals surface area contributed by atoms with Crippen molar-refractivity contribution in [3.8, 4) is 5.75 Å². The van der Waals surface area contributed by atoms with Gasteiger partial charge in [-0.1, -0.05) is 46.6 Å². The molecule has 0 saturated heterocycles. The van der Waals surface area contributed by atoms with Crippen LogP contribution in [0.25, 0.3) is 0 Å². The predicted octanol–water partition coefficient (Wildman–Crippen LogP) is 5.88. The van der Waals surface area contributed by atoms with Crippen molar-refractivity contribution in [3.63, 3.8) is 0 Å². The van der Waals surface area contributed by atoms with Crippen LogP contribution in [0.4, 0.5) is 0 Å². The first-order valence-electron chi connectivity index (χ1n) is 11.6. The highest BCUT2D eigenvalue weighted by Crippen LogP contribution is 2.34. The normalized spacial score (nSPS) is 15.0. The molecule has 34 heavy (non-hydrogen) atoms. The first-order valence-corrected chi connectivity index (χ1v) is 13.2. The summed E-state index contributed by atoms with van der Waals surface area (Å²) in [6.07, 6.45) is 1.61. The summed E-state index contributed by atoms with van der Waals surface area (Å²) in [5, 5.41) is 2.08. The Labute approximate surface area is 213 Å². The summed E-state index contributed by atoms with van der Waals surface area (Å²) in [7, 11) is 0. The number of carbonyl (C=O) groups is 2. The summed E-state index contributed by atoms with van der Waals surface area (Å²) in [5.41, 5.74) is 2.90. The van der Waals surface area contributed by atoms with Gasteiger partial charge >= 0.3 is 0 Å². The van der Waals surface area contributed by atoms with Gasteiger partial charge in [0.15, 0.2) is 0 Å². The van der Waals surface area contributed by atoms with Gasteiger partial charge in [0, 0.05) is 28.0 Å². The Morgan fingerprint density at radius 2 is 1.97 bits per heavy atom. The summed E-state index contributed by atoms with van der Waals surface area (Å²) in [5.74, 6) is 0.612.